The summed E-state index contributed by atoms with van der Waals surface area (Å²) in [4.78, 5) is 23.9. The number of H-pyrrole nitrogens is 2. The first kappa shape index (κ1) is 22.6. The fraction of sp³-hybridized carbons (Fsp3) is 0.308. The van der Waals surface area contributed by atoms with Crippen molar-refractivity contribution >= 4 is 27.8 Å². The summed E-state index contributed by atoms with van der Waals surface area (Å²) in [7, 11) is 6.14. The van der Waals surface area contributed by atoms with E-state index in [4.69, 9.17) is 4.98 Å². The minimum absolute atomic E-state index is 0.282. The smallest absolute Gasteiger partial charge is 0.157 e. The average molecular weight is 486 g/mol. The van der Waals surface area contributed by atoms with Gasteiger partial charge in [0.05, 0.1) is 5.52 Å². The number of benzene rings is 1. The summed E-state index contributed by atoms with van der Waals surface area (Å²) in [6.45, 7) is 4.51. The van der Waals surface area contributed by atoms with Gasteiger partial charge in [0, 0.05) is 62.3 Å². The van der Waals surface area contributed by atoms with Crippen molar-refractivity contribution < 1.29 is 4.39 Å². The number of anilines is 1. The highest BCUT2D eigenvalue weighted by Crippen LogP contribution is 2.33. The maximum Gasteiger partial charge on any atom is 0.157 e. The fourth-order valence-corrected chi connectivity index (χ4v) is 4.81. The number of nitrogens with zero attached hydrogens (tertiary/aromatic N) is 7. The summed E-state index contributed by atoms with van der Waals surface area (Å²) in [5.41, 5.74) is 5.27. The standard InChI is InChI=1S/C26H28FN9/c1-34(2)15-16-10-18(14-28-13-16)17-11-19-22(20(27)12-17)32-33-23(19)25-30-21-4-5-29-26(24(21)31-25)36-8-6-35(3)7-9-36/h4-5,10-14H,6-9,15H2,1-3H3,(H,30,31)(H,32,33). The number of fused-ring (bicyclic) bond motifs is 2. The highest BCUT2D eigenvalue weighted by Gasteiger charge is 2.21. The van der Waals surface area contributed by atoms with Crippen LogP contribution in [0, 0.1) is 5.82 Å². The predicted molar refractivity (Wildman–Crippen MR) is 139 cm³/mol. The Kier molecular flexibility index (Phi) is 5.62. The van der Waals surface area contributed by atoms with Crippen LogP contribution in [0.15, 0.2) is 42.9 Å². The Morgan fingerprint density at radius 2 is 1.86 bits per heavy atom. The number of rotatable bonds is 5. The zero-order chi connectivity index (χ0) is 24.8. The lowest BCUT2D eigenvalue weighted by Gasteiger charge is -2.33. The van der Waals surface area contributed by atoms with Crippen molar-refractivity contribution in [2.75, 3.05) is 52.2 Å². The van der Waals surface area contributed by atoms with Crippen LogP contribution in [0.25, 0.3) is 44.6 Å². The van der Waals surface area contributed by atoms with Crippen molar-refractivity contribution in [3.63, 3.8) is 0 Å². The SMILES string of the molecule is CN(C)Cc1cncc(-c2cc(F)c3n[nH]c(-c4nc5c(N6CCN(C)CC6)nccc5[nH]4)c3c2)c1. The Hall–Kier alpha value is -3.89. The van der Waals surface area contributed by atoms with Crippen LogP contribution < -0.4 is 4.90 Å². The van der Waals surface area contributed by atoms with Crippen molar-refractivity contribution in [1.82, 2.24) is 39.9 Å². The van der Waals surface area contributed by atoms with E-state index >= 15 is 4.39 Å². The van der Waals surface area contributed by atoms with Crippen LogP contribution in [0.3, 0.4) is 0 Å². The number of likely N-dealkylation sites (N-methyl/N-ethyl adjacent to an activating group) is 1. The van der Waals surface area contributed by atoms with Crippen molar-refractivity contribution in [1.29, 1.82) is 0 Å². The van der Waals surface area contributed by atoms with Crippen LogP contribution in [0.4, 0.5) is 10.2 Å². The summed E-state index contributed by atoms with van der Waals surface area (Å²) in [6.07, 6.45) is 5.39. The topological polar surface area (TPSA) is 92.9 Å². The quantitative estimate of drug-likeness (QED) is 0.394. The van der Waals surface area contributed by atoms with Gasteiger partial charge in [-0.15, -0.1) is 0 Å². The molecule has 1 aromatic carbocycles. The molecule has 0 unspecified atom stereocenters. The van der Waals surface area contributed by atoms with Gasteiger partial charge in [-0.2, -0.15) is 5.10 Å². The van der Waals surface area contributed by atoms with Crippen LogP contribution in [-0.2, 0) is 6.54 Å². The number of piperazine rings is 1. The van der Waals surface area contributed by atoms with E-state index in [1.807, 2.05) is 38.5 Å². The van der Waals surface area contributed by atoms with Crippen LogP contribution in [0.1, 0.15) is 5.56 Å². The monoisotopic (exact) mass is 485 g/mol. The molecule has 36 heavy (non-hydrogen) atoms. The largest absolute Gasteiger partial charge is 0.352 e. The molecule has 4 aromatic heterocycles. The molecule has 0 spiro atoms. The third kappa shape index (κ3) is 4.08. The maximum atomic E-state index is 15.2. The van der Waals surface area contributed by atoms with Crippen LogP contribution >= 0.6 is 0 Å². The molecule has 1 aliphatic heterocycles. The summed E-state index contributed by atoms with van der Waals surface area (Å²) in [5, 5.41) is 7.93. The lowest BCUT2D eigenvalue weighted by molar-refractivity contribution is 0.312. The Morgan fingerprint density at radius 3 is 2.67 bits per heavy atom. The molecule has 0 radical (unpaired) electrons. The fourth-order valence-electron chi connectivity index (χ4n) is 4.81. The van der Waals surface area contributed by atoms with Gasteiger partial charge < -0.3 is 19.7 Å². The molecule has 0 saturated carbocycles. The van der Waals surface area contributed by atoms with Gasteiger partial charge in [-0.1, -0.05) is 0 Å². The van der Waals surface area contributed by atoms with E-state index in [0.29, 0.717) is 16.9 Å². The van der Waals surface area contributed by atoms with Gasteiger partial charge in [0.25, 0.3) is 0 Å². The van der Waals surface area contributed by atoms with E-state index in [1.165, 1.54) is 6.07 Å². The Labute approximate surface area is 208 Å². The second-order valence-corrected chi connectivity index (χ2v) is 9.68. The van der Waals surface area contributed by atoms with Crippen molar-refractivity contribution in [3.05, 3.63) is 54.2 Å². The molecule has 2 N–H and O–H groups in total. The van der Waals surface area contributed by atoms with E-state index in [-0.39, 0.29) is 11.3 Å². The lowest BCUT2D eigenvalue weighted by atomic mass is 10.0. The molecule has 5 aromatic rings. The number of aromatic amines is 2. The third-order valence-electron chi connectivity index (χ3n) is 6.66. The second-order valence-electron chi connectivity index (χ2n) is 9.68. The number of halogens is 1. The Morgan fingerprint density at radius 1 is 1.03 bits per heavy atom. The van der Waals surface area contributed by atoms with Gasteiger partial charge in [-0.05, 0) is 56.5 Å². The predicted octanol–water partition coefficient (Wildman–Crippen LogP) is 3.52. The summed E-state index contributed by atoms with van der Waals surface area (Å²) < 4.78 is 15.2. The van der Waals surface area contributed by atoms with Gasteiger partial charge in [-0.25, -0.2) is 14.4 Å². The third-order valence-corrected chi connectivity index (χ3v) is 6.66. The van der Waals surface area contributed by atoms with E-state index in [2.05, 4.69) is 46.9 Å². The van der Waals surface area contributed by atoms with Crippen molar-refractivity contribution in [3.8, 4) is 22.6 Å². The number of hydrogen-bond donors (Lipinski definition) is 2. The van der Waals surface area contributed by atoms with E-state index in [9.17, 15) is 0 Å². The summed E-state index contributed by atoms with van der Waals surface area (Å²) in [6, 6.07) is 7.42. The highest BCUT2D eigenvalue weighted by atomic mass is 19.1. The molecular weight excluding hydrogens is 457 g/mol. The van der Waals surface area contributed by atoms with Crippen LogP contribution in [0.2, 0.25) is 0 Å². The van der Waals surface area contributed by atoms with Crippen molar-refractivity contribution in [2.24, 2.45) is 0 Å². The minimum Gasteiger partial charge on any atom is -0.352 e. The van der Waals surface area contributed by atoms with Crippen LogP contribution in [0.5, 0.6) is 0 Å². The van der Waals surface area contributed by atoms with Gasteiger partial charge in [0.2, 0.25) is 0 Å². The molecule has 0 amide bonds. The van der Waals surface area contributed by atoms with E-state index in [0.717, 1.165) is 66.3 Å². The molecule has 0 aliphatic carbocycles. The van der Waals surface area contributed by atoms with Gasteiger partial charge in [0.1, 0.15) is 16.7 Å². The number of imidazole rings is 1. The van der Waals surface area contributed by atoms with Gasteiger partial charge >= 0.3 is 0 Å². The molecule has 0 atom stereocenters. The molecule has 10 heteroatoms. The first-order valence-electron chi connectivity index (χ1n) is 12.0. The van der Waals surface area contributed by atoms with E-state index < -0.39 is 0 Å². The number of pyridine rings is 2. The first-order chi connectivity index (χ1) is 17.5. The average Bonchev–Trinajstić information content (AvgIpc) is 3.48. The number of hydrogen-bond acceptors (Lipinski definition) is 7. The molecule has 1 fully saturated rings. The number of aromatic nitrogens is 6. The minimum atomic E-state index is -0.390. The van der Waals surface area contributed by atoms with E-state index in [1.54, 1.807) is 12.4 Å². The highest BCUT2D eigenvalue weighted by molar-refractivity contribution is 5.97. The summed E-state index contributed by atoms with van der Waals surface area (Å²) in [5.74, 6) is 1.08. The molecule has 6 rings (SSSR count). The van der Waals surface area contributed by atoms with Gasteiger partial charge in [0.15, 0.2) is 17.5 Å². The lowest BCUT2D eigenvalue weighted by Crippen LogP contribution is -2.44. The van der Waals surface area contributed by atoms with Gasteiger partial charge in [-0.3, -0.25) is 10.1 Å². The Bertz CT molecular complexity index is 1550. The zero-order valence-electron chi connectivity index (χ0n) is 20.6. The Balaban J connectivity index is 1.42. The first-order valence-corrected chi connectivity index (χ1v) is 12.0. The van der Waals surface area contributed by atoms with Crippen LogP contribution in [-0.4, -0.2) is 87.3 Å². The molecule has 0 bridgehead atoms. The molecule has 1 saturated heterocycles. The normalized spacial score (nSPS) is 15.0. The molecular formula is C26H28FN9. The second kappa shape index (κ2) is 8.96. The molecule has 9 nitrogen and oxygen atoms in total. The zero-order valence-corrected chi connectivity index (χ0v) is 20.6. The maximum absolute atomic E-state index is 15.2. The number of nitrogens with one attached hydrogen (secondary N) is 2. The molecule has 184 valence electrons. The summed E-state index contributed by atoms with van der Waals surface area (Å²) >= 11 is 0. The molecule has 1 aliphatic rings. The van der Waals surface area contributed by atoms with Crippen molar-refractivity contribution in [2.45, 2.75) is 6.54 Å². The molecule has 5 heterocycles.